The minimum Gasteiger partial charge on any atom is -0.377 e. The number of benzene rings is 2. The molecule has 28 heavy (non-hydrogen) atoms. The number of nitriles is 1. The van der Waals surface area contributed by atoms with E-state index in [9.17, 15) is 18.1 Å². The predicted octanol–water partition coefficient (Wildman–Crippen LogP) is 3.90. The summed E-state index contributed by atoms with van der Waals surface area (Å²) in [6.45, 7) is 0. The summed E-state index contributed by atoms with van der Waals surface area (Å²) in [5, 5.41) is 9.23. The summed E-state index contributed by atoms with van der Waals surface area (Å²) < 4.78 is 38.0. The fourth-order valence-corrected chi connectivity index (χ4v) is 3.62. The first-order chi connectivity index (χ1) is 13.2. The van der Waals surface area contributed by atoms with Crippen LogP contribution in [0, 0.1) is 17.1 Å². The minimum atomic E-state index is -3.48. The van der Waals surface area contributed by atoms with E-state index in [1.807, 2.05) is 0 Å². The van der Waals surface area contributed by atoms with Gasteiger partial charge in [0.15, 0.2) is 9.84 Å². The first-order valence-electron chi connectivity index (χ1n) is 8.37. The highest BCUT2D eigenvalue weighted by molar-refractivity contribution is 7.90. The Morgan fingerprint density at radius 1 is 1.04 bits per heavy atom. The van der Waals surface area contributed by atoms with Crippen molar-refractivity contribution in [2.45, 2.75) is 4.90 Å². The average Bonchev–Trinajstić information content (AvgIpc) is 2.66. The van der Waals surface area contributed by atoms with Gasteiger partial charge in [0.25, 0.3) is 0 Å². The van der Waals surface area contributed by atoms with Crippen LogP contribution in [0.4, 0.5) is 10.1 Å². The molecule has 0 N–H and O–H groups in total. The molecular weight excluding hydrogens is 377 g/mol. The highest BCUT2D eigenvalue weighted by Gasteiger charge is 2.20. The van der Waals surface area contributed by atoms with E-state index < -0.39 is 9.84 Å². The first kappa shape index (κ1) is 19.5. The fourth-order valence-electron chi connectivity index (χ4n) is 2.97. The number of sulfone groups is 1. The molecule has 0 aliphatic heterocycles. The van der Waals surface area contributed by atoms with Crippen LogP contribution in [0.3, 0.4) is 0 Å². The van der Waals surface area contributed by atoms with Crippen molar-refractivity contribution in [2.24, 2.45) is 0 Å². The molecule has 0 bridgehead atoms. The summed E-state index contributed by atoms with van der Waals surface area (Å²) in [5.41, 5.74) is 3.70. The zero-order valence-corrected chi connectivity index (χ0v) is 16.5. The lowest BCUT2D eigenvalue weighted by atomic mass is 9.93. The number of hydrogen-bond donors (Lipinski definition) is 0. The molecule has 0 atom stereocenters. The number of aromatic nitrogens is 1. The van der Waals surface area contributed by atoms with Crippen molar-refractivity contribution in [1.82, 2.24) is 4.98 Å². The third-order valence-electron chi connectivity index (χ3n) is 4.31. The Hall–Kier alpha value is -3.24. The Labute approximate surface area is 163 Å². The number of anilines is 1. The molecule has 7 heteroatoms. The Balaban J connectivity index is 2.44. The molecule has 1 aromatic heterocycles. The van der Waals surface area contributed by atoms with Gasteiger partial charge in [-0.25, -0.2) is 12.8 Å². The molecule has 0 unspecified atom stereocenters. The molecule has 0 aliphatic rings. The molecule has 0 aliphatic carbocycles. The molecule has 0 amide bonds. The van der Waals surface area contributed by atoms with Crippen molar-refractivity contribution in [1.29, 1.82) is 5.26 Å². The van der Waals surface area contributed by atoms with Gasteiger partial charge >= 0.3 is 0 Å². The second kappa shape index (κ2) is 7.41. The lowest BCUT2D eigenvalue weighted by Crippen LogP contribution is -2.12. The lowest BCUT2D eigenvalue weighted by molar-refractivity contribution is 0.602. The van der Waals surface area contributed by atoms with E-state index in [4.69, 9.17) is 0 Å². The zero-order valence-electron chi connectivity index (χ0n) is 15.6. The van der Waals surface area contributed by atoms with Crippen LogP contribution in [0.2, 0.25) is 0 Å². The molecular formula is C21H18FN3O2S. The van der Waals surface area contributed by atoms with E-state index in [0.29, 0.717) is 33.5 Å². The van der Waals surface area contributed by atoms with Gasteiger partial charge in [-0.2, -0.15) is 5.26 Å². The van der Waals surface area contributed by atoms with Crippen LogP contribution < -0.4 is 4.90 Å². The van der Waals surface area contributed by atoms with Gasteiger partial charge < -0.3 is 4.90 Å². The van der Waals surface area contributed by atoms with Crippen molar-refractivity contribution in [3.8, 4) is 28.3 Å². The zero-order chi connectivity index (χ0) is 20.5. The van der Waals surface area contributed by atoms with Crippen LogP contribution in [0.5, 0.6) is 0 Å². The van der Waals surface area contributed by atoms with E-state index in [0.717, 1.165) is 6.26 Å². The third kappa shape index (κ3) is 3.87. The van der Waals surface area contributed by atoms with Gasteiger partial charge in [-0.05, 0) is 41.5 Å². The Morgan fingerprint density at radius 2 is 1.71 bits per heavy atom. The fraction of sp³-hybridized carbons (Fsp3) is 0.143. The maximum atomic E-state index is 13.5. The molecule has 1 heterocycles. The van der Waals surface area contributed by atoms with Gasteiger partial charge in [0.2, 0.25) is 0 Å². The molecule has 0 spiro atoms. The van der Waals surface area contributed by atoms with Crippen molar-refractivity contribution in [3.63, 3.8) is 0 Å². The summed E-state index contributed by atoms with van der Waals surface area (Å²) >= 11 is 0. The largest absolute Gasteiger partial charge is 0.377 e. The predicted molar refractivity (Wildman–Crippen MR) is 107 cm³/mol. The lowest BCUT2D eigenvalue weighted by Gasteiger charge is -2.22. The van der Waals surface area contributed by atoms with Gasteiger partial charge in [0.1, 0.15) is 11.9 Å². The summed E-state index contributed by atoms with van der Waals surface area (Å²) in [5.74, 6) is -0.384. The van der Waals surface area contributed by atoms with Gasteiger partial charge in [0, 0.05) is 49.6 Å². The summed E-state index contributed by atoms with van der Waals surface area (Å²) in [7, 11) is 0.135. The molecule has 3 aromatic rings. The number of rotatable bonds is 4. The van der Waals surface area contributed by atoms with Crippen LogP contribution in [0.15, 0.2) is 59.8 Å². The van der Waals surface area contributed by atoms with E-state index in [-0.39, 0.29) is 10.7 Å². The maximum Gasteiger partial charge on any atom is 0.175 e. The Bertz CT molecular complexity index is 1180. The molecule has 0 saturated carbocycles. The second-order valence-corrected chi connectivity index (χ2v) is 8.63. The number of pyridine rings is 1. The van der Waals surface area contributed by atoms with Crippen molar-refractivity contribution in [2.75, 3.05) is 25.3 Å². The van der Waals surface area contributed by atoms with E-state index in [1.54, 1.807) is 55.5 Å². The molecule has 5 nitrogen and oxygen atoms in total. The minimum absolute atomic E-state index is 0.156. The smallest absolute Gasteiger partial charge is 0.175 e. The highest BCUT2D eigenvalue weighted by Crippen LogP contribution is 2.41. The molecule has 0 radical (unpaired) electrons. The Kier molecular flexibility index (Phi) is 5.16. The monoisotopic (exact) mass is 395 g/mol. The van der Waals surface area contributed by atoms with Gasteiger partial charge in [0.05, 0.1) is 10.5 Å². The van der Waals surface area contributed by atoms with E-state index in [1.165, 1.54) is 18.3 Å². The van der Waals surface area contributed by atoms with E-state index in [2.05, 4.69) is 11.1 Å². The molecule has 0 fully saturated rings. The topological polar surface area (TPSA) is 74.1 Å². The number of nitrogens with zero attached hydrogens (tertiary/aromatic N) is 3. The summed E-state index contributed by atoms with van der Waals surface area (Å²) in [4.78, 5) is 6.09. The van der Waals surface area contributed by atoms with Crippen LogP contribution in [0.1, 0.15) is 5.56 Å². The average molecular weight is 395 g/mol. The first-order valence-corrected chi connectivity index (χ1v) is 10.3. The molecule has 3 rings (SSSR count). The molecule has 0 saturated heterocycles. The maximum absolute atomic E-state index is 13.5. The highest BCUT2D eigenvalue weighted by atomic mass is 32.2. The van der Waals surface area contributed by atoms with Crippen molar-refractivity contribution in [3.05, 3.63) is 66.2 Å². The second-order valence-electron chi connectivity index (χ2n) is 6.61. The van der Waals surface area contributed by atoms with Gasteiger partial charge in [-0.3, -0.25) is 4.98 Å². The van der Waals surface area contributed by atoms with Gasteiger partial charge in [-0.15, -0.1) is 0 Å². The Morgan fingerprint density at radius 3 is 2.29 bits per heavy atom. The van der Waals surface area contributed by atoms with Crippen LogP contribution in [-0.4, -0.2) is 33.8 Å². The SMILES string of the molecule is CN(C)c1cc(S(C)(=O)=O)cc(-c2ccc(F)cc2)c1-c1cncc(C#N)c1. The quantitative estimate of drug-likeness (QED) is 0.670. The summed E-state index contributed by atoms with van der Waals surface area (Å²) in [6.07, 6.45) is 4.23. The number of hydrogen-bond acceptors (Lipinski definition) is 5. The van der Waals surface area contributed by atoms with Gasteiger partial charge in [-0.1, -0.05) is 12.1 Å². The van der Waals surface area contributed by atoms with Crippen LogP contribution in [-0.2, 0) is 9.84 Å². The van der Waals surface area contributed by atoms with Crippen molar-refractivity contribution < 1.29 is 12.8 Å². The van der Waals surface area contributed by atoms with Crippen LogP contribution in [0.25, 0.3) is 22.3 Å². The normalized spacial score (nSPS) is 11.1. The molecule has 2 aromatic carbocycles. The standard InChI is InChI=1S/C21H18FN3O2S/c1-25(2)20-10-18(28(3,26)27)9-19(15-4-6-17(22)7-5-15)21(20)16-8-14(11-23)12-24-13-16/h4-10,12-13H,1-3H3. The van der Waals surface area contributed by atoms with E-state index >= 15 is 0 Å². The summed E-state index contributed by atoms with van der Waals surface area (Å²) in [6, 6.07) is 12.8. The number of halogens is 1. The van der Waals surface area contributed by atoms with Crippen LogP contribution >= 0.6 is 0 Å². The molecule has 142 valence electrons. The van der Waals surface area contributed by atoms with Crippen molar-refractivity contribution >= 4 is 15.5 Å². The third-order valence-corrected chi connectivity index (χ3v) is 5.40.